The Morgan fingerprint density at radius 1 is 1.53 bits per heavy atom. The Morgan fingerprint density at radius 3 is 2.82 bits per heavy atom. The van der Waals surface area contributed by atoms with Crippen molar-refractivity contribution in [3.63, 3.8) is 0 Å². The minimum Gasteiger partial charge on any atom is -0.372 e. The van der Waals surface area contributed by atoms with E-state index in [-0.39, 0.29) is 16.4 Å². The molecule has 0 spiro atoms. The van der Waals surface area contributed by atoms with E-state index in [1.165, 1.54) is 6.07 Å². The molecular formula is C13H17ClFNO. The summed E-state index contributed by atoms with van der Waals surface area (Å²) in [6.45, 7) is 4.96. The first-order valence-electron chi connectivity index (χ1n) is 5.84. The fourth-order valence-corrected chi connectivity index (χ4v) is 2.61. The van der Waals surface area contributed by atoms with Crippen molar-refractivity contribution in [3.8, 4) is 0 Å². The Balaban J connectivity index is 2.32. The molecule has 1 atom stereocenters. The van der Waals surface area contributed by atoms with Crippen LogP contribution in [0, 0.1) is 5.82 Å². The third-order valence-electron chi connectivity index (χ3n) is 3.59. The van der Waals surface area contributed by atoms with E-state index in [0.29, 0.717) is 0 Å². The van der Waals surface area contributed by atoms with E-state index in [9.17, 15) is 4.39 Å². The number of hydrogen-bond acceptors (Lipinski definition) is 2. The predicted molar refractivity (Wildman–Crippen MR) is 66.8 cm³/mol. The molecule has 1 saturated heterocycles. The van der Waals surface area contributed by atoms with Crippen LogP contribution in [-0.2, 0) is 10.3 Å². The zero-order valence-electron chi connectivity index (χ0n) is 10.2. The molecule has 1 heterocycles. The highest BCUT2D eigenvalue weighted by Gasteiger charge is 2.39. The van der Waals surface area contributed by atoms with Gasteiger partial charge >= 0.3 is 0 Å². The van der Waals surface area contributed by atoms with E-state index >= 15 is 0 Å². The number of likely N-dealkylation sites (tertiary alicyclic amines) is 1. The van der Waals surface area contributed by atoms with Gasteiger partial charge in [0.15, 0.2) is 0 Å². The van der Waals surface area contributed by atoms with Crippen molar-refractivity contribution in [1.29, 1.82) is 0 Å². The summed E-state index contributed by atoms with van der Waals surface area (Å²) in [5.41, 5.74) is 0.621. The fourth-order valence-electron chi connectivity index (χ4n) is 2.43. The second kappa shape index (κ2) is 4.92. The van der Waals surface area contributed by atoms with Crippen molar-refractivity contribution < 1.29 is 9.13 Å². The number of hydrogen-bond donors (Lipinski definition) is 0. The Kier molecular flexibility index (Phi) is 3.71. The van der Waals surface area contributed by atoms with Gasteiger partial charge in [0.05, 0.1) is 5.02 Å². The first kappa shape index (κ1) is 12.8. The molecule has 1 aromatic carbocycles. The Bertz CT molecular complexity index is 412. The lowest BCUT2D eigenvalue weighted by atomic mass is 9.92. The van der Waals surface area contributed by atoms with Crippen LogP contribution in [0.2, 0.25) is 5.02 Å². The first-order valence-corrected chi connectivity index (χ1v) is 6.22. The highest BCUT2D eigenvalue weighted by Crippen LogP contribution is 2.36. The summed E-state index contributed by atoms with van der Waals surface area (Å²) >= 11 is 5.84. The SMILES string of the molecule is CCN1CCC(OC)(c2ccc(F)c(Cl)c2)C1. The van der Waals surface area contributed by atoms with Crippen LogP contribution in [-0.4, -0.2) is 31.6 Å². The predicted octanol–water partition coefficient (Wildman–Crippen LogP) is 3.05. The summed E-state index contributed by atoms with van der Waals surface area (Å²) in [6.07, 6.45) is 0.916. The Morgan fingerprint density at radius 2 is 2.29 bits per heavy atom. The Labute approximate surface area is 106 Å². The van der Waals surface area contributed by atoms with Crippen LogP contribution in [0.4, 0.5) is 4.39 Å². The topological polar surface area (TPSA) is 12.5 Å². The number of nitrogens with zero attached hydrogens (tertiary/aromatic N) is 1. The van der Waals surface area contributed by atoms with E-state index in [1.54, 1.807) is 19.2 Å². The monoisotopic (exact) mass is 257 g/mol. The standard InChI is InChI=1S/C13H17ClFNO/c1-3-16-7-6-13(9-16,17-2)10-4-5-12(15)11(14)8-10/h4-5,8H,3,6-7,9H2,1-2H3. The summed E-state index contributed by atoms with van der Waals surface area (Å²) in [7, 11) is 1.70. The zero-order chi connectivity index (χ0) is 12.5. The number of likely N-dealkylation sites (N-methyl/N-ethyl adjacent to an activating group) is 1. The number of methoxy groups -OCH3 is 1. The van der Waals surface area contributed by atoms with Crippen molar-refractivity contribution >= 4 is 11.6 Å². The fraction of sp³-hybridized carbons (Fsp3) is 0.538. The largest absolute Gasteiger partial charge is 0.372 e. The van der Waals surface area contributed by atoms with Gasteiger partial charge in [-0.3, -0.25) is 0 Å². The van der Waals surface area contributed by atoms with E-state index in [4.69, 9.17) is 16.3 Å². The summed E-state index contributed by atoms with van der Waals surface area (Å²) in [4.78, 5) is 2.32. The third-order valence-corrected chi connectivity index (χ3v) is 3.88. The molecule has 0 N–H and O–H groups in total. The average Bonchev–Trinajstić information content (AvgIpc) is 2.77. The molecule has 94 valence electrons. The van der Waals surface area contributed by atoms with E-state index in [0.717, 1.165) is 31.6 Å². The smallest absolute Gasteiger partial charge is 0.141 e. The van der Waals surface area contributed by atoms with Crippen LogP contribution in [0.3, 0.4) is 0 Å². The molecular weight excluding hydrogens is 241 g/mol. The van der Waals surface area contributed by atoms with E-state index in [2.05, 4.69) is 11.8 Å². The number of halogens is 2. The molecule has 0 saturated carbocycles. The van der Waals surface area contributed by atoms with Crippen LogP contribution in [0.1, 0.15) is 18.9 Å². The van der Waals surface area contributed by atoms with Gasteiger partial charge in [-0.1, -0.05) is 24.6 Å². The van der Waals surface area contributed by atoms with Crippen molar-refractivity contribution in [2.45, 2.75) is 18.9 Å². The maximum Gasteiger partial charge on any atom is 0.141 e. The molecule has 0 aromatic heterocycles. The molecule has 0 bridgehead atoms. The third kappa shape index (κ3) is 2.32. The lowest BCUT2D eigenvalue weighted by Crippen LogP contribution is -2.32. The van der Waals surface area contributed by atoms with Gasteiger partial charge in [0, 0.05) is 20.2 Å². The summed E-state index contributed by atoms with van der Waals surface area (Å²) in [6, 6.07) is 4.86. The van der Waals surface area contributed by atoms with Gasteiger partial charge < -0.3 is 9.64 Å². The molecule has 1 aromatic rings. The lowest BCUT2D eigenvalue weighted by molar-refractivity contribution is -0.00548. The van der Waals surface area contributed by atoms with Crippen LogP contribution in [0.25, 0.3) is 0 Å². The van der Waals surface area contributed by atoms with Gasteiger partial charge in [0.1, 0.15) is 11.4 Å². The van der Waals surface area contributed by atoms with Gasteiger partial charge in [0.2, 0.25) is 0 Å². The molecule has 4 heteroatoms. The summed E-state index contributed by atoms with van der Waals surface area (Å²) < 4.78 is 18.9. The molecule has 2 nitrogen and oxygen atoms in total. The van der Waals surface area contributed by atoms with Crippen LogP contribution < -0.4 is 0 Å². The van der Waals surface area contributed by atoms with Crippen molar-refractivity contribution in [2.75, 3.05) is 26.7 Å². The number of ether oxygens (including phenoxy) is 1. The molecule has 0 aliphatic carbocycles. The number of benzene rings is 1. The van der Waals surface area contributed by atoms with Crippen LogP contribution >= 0.6 is 11.6 Å². The van der Waals surface area contributed by atoms with Gasteiger partial charge in [-0.2, -0.15) is 0 Å². The minimum atomic E-state index is -0.382. The lowest BCUT2D eigenvalue weighted by Gasteiger charge is -2.28. The molecule has 1 unspecified atom stereocenters. The van der Waals surface area contributed by atoms with Crippen molar-refractivity contribution in [2.24, 2.45) is 0 Å². The second-order valence-electron chi connectivity index (χ2n) is 4.45. The van der Waals surface area contributed by atoms with E-state index < -0.39 is 0 Å². The van der Waals surface area contributed by atoms with E-state index in [1.807, 2.05) is 0 Å². The zero-order valence-corrected chi connectivity index (χ0v) is 10.9. The average molecular weight is 258 g/mol. The first-order chi connectivity index (χ1) is 8.11. The molecule has 1 aliphatic heterocycles. The normalized spacial score (nSPS) is 25.4. The molecule has 0 radical (unpaired) electrons. The van der Waals surface area contributed by atoms with Gasteiger partial charge in [-0.25, -0.2) is 4.39 Å². The summed E-state index contributed by atoms with van der Waals surface area (Å²) in [5.74, 6) is -0.382. The minimum absolute atomic E-state index is 0.161. The van der Waals surface area contributed by atoms with Crippen molar-refractivity contribution in [3.05, 3.63) is 34.6 Å². The van der Waals surface area contributed by atoms with Crippen LogP contribution in [0.15, 0.2) is 18.2 Å². The van der Waals surface area contributed by atoms with Crippen molar-refractivity contribution in [1.82, 2.24) is 4.90 Å². The van der Waals surface area contributed by atoms with Gasteiger partial charge in [0.25, 0.3) is 0 Å². The molecule has 17 heavy (non-hydrogen) atoms. The van der Waals surface area contributed by atoms with Gasteiger partial charge in [-0.15, -0.1) is 0 Å². The van der Waals surface area contributed by atoms with Gasteiger partial charge in [-0.05, 0) is 30.7 Å². The van der Waals surface area contributed by atoms with Crippen LogP contribution in [0.5, 0.6) is 0 Å². The molecule has 2 rings (SSSR count). The highest BCUT2D eigenvalue weighted by molar-refractivity contribution is 6.30. The maximum absolute atomic E-state index is 13.2. The number of rotatable bonds is 3. The Hall–Kier alpha value is -0.640. The second-order valence-corrected chi connectivity index (χ2v) is 4.85. The molecule has 1 aliphatic rings. The molecule has 0 amide bonds. The quantitative estimate of drug-likeness (QED) is 0.825. The highest BCUT2D eigenvalue weighted by atomic mass is 35.5. The molecule has 1 fully saturated rings. The maximum atomic E-state index is 13.2. The summed E-state index contributed by atoms with van der Waals surface area (Å²) in [5, 5.41) is 0.161.